The Morgan fingerprint density at radius 2 is 0.862 bits per heavy atom. The summed E-state index contributed by atoms with van der Waals surface area (Å²) >= 11 is 0. The Morgan fingerprint density at radius 3 is 1.66 bits per heavy atom. The van der Waals surface area contributed by atoms with Crippen molar-refractivity contribution >= 4 is 60.3 Å². The maximum Gasteiger partial charge on any atom is 0.143 e. The van der Waals surface area contributed by atoms with Gasteiger partial charge in [-0.2, -0.15) is 0 Å². The molecule has 2 nitrogen and oxygen atoms in total. The number of anilines is 3. The van der Waals surface area contributed by atoms with Gasteiger partial charge in [0.2, 0.25) is 0 Å². The van der Waals surface area contributed by atoms with Crippen LogP contribution in [0.2, 0.25) is 0 Å². The van der Waals surface area contributed by atoms with Gasteiger partial charge in [0.05, 0.1) is 0 Å². The van der Waals surface area contributed by atoms with Gasteiger partial charge < -0.3 is 9.32 Å². The van der Waals surface area contributed by atoms with Gasteiger partial charge in [-0.1, -0.05) is 176 Å². The lowest BCUT2D eigenvalue weighted by Gasteiger charge is -2.27. The van der Waals surface area contributed by atoms with Crippen molar-refractivity contribution in [2.24, 2.45) is 0 Å². The van der Waals surface area contributed by atoms with Crippen LogP contribution in [-0.4, -0.2) is 0 Å². The monoisotopic (exact) mass is 739 g/mol. The molecule has 11 rings (SSSR count). The van der Waals surface area contributed by atoms with Crippen molar-refractivity contribution in [3.63, 3.8) is 0 Å². The maximum absolute atomic E-state index is 6.72. The zero-order valence-electron chi connectivity index (χ0n) is 31.7. The molecule has 0 fully saturated rings. The molecule has 0 saturated heterocycles. The lowest BCUT2D eigenvalue weighted by atomic mass is 9.93. The summed E-state index contributed by atoms with van der Waals surface area (Å²) in [6.45, 7) is 0. The van der Waals surface area contributed by atoms with E-state index in [1.807, 2.05) is 6.07 Å². The van der Waals surface area contributed by atoms with Gasteiger partial charge in [-0.3, -0.25) is 0 Å². The van der Waals surface area contributed by atoms with E-state index in [9.17, 15) is 0 Å². The predicted octanol–water partition coefficient (Wildman–Crippen LogP) is 16.0. The number of rotatable bonds is 7. The highest BCUT2D eigenvalue weighted by molar-refractivity contribution is 6.14. The van der Waals surface area contributed by atoms with E-state index >= 15 is 0 Å². The highest BCUT2D eigenvalue weighted by Gasteiger charge is 2.21. The summed E-state index contributed by atoms with van der Waals surface area (Å²) in [5.74, 6) is 0.859. The Labute approximate surface area is 337 Å². The van der Waals surface area contributed by atoms with Gasteiger partial charge in [0.15, 0.2) is 0 Å². The number of furan rings is 1. The van der Waals surface area contributed by atoms with Crippen molar-refractivity contribution in [3.8, 4) is 44.7 Å². The smallest absolute Gasteiger partial charge is 0.143 e. The van der Waals surface area contributed by atoms with Crippen LogP contribution in [0.25, 0.3) is 88.0 Å². The Morgan fingerprint density at radius 1 is 0.293 bits per heavy atom. The fraction of sp³-hybridized carbons (Fsp3) is 0. The molecular weight excluding hydrogens is 703 g/mol. The first-order chi connectivity index (χ1) is 28.8. The summed E-state index contributed by atoms with van der Waals surface area (Å²) in [7, 11) is 0. The van der Waals surface area contributed by atoms with Crippen molar-refractivity contribution in [3.05, 3.63) is 224 Å². The molecule has 0 unspecified atom stereocenters. The lowest BCUT2D eigenvalue weighted by molar-refractivity contribution is 0.632. The molecule has 0 atom stereocenters. The number of para-hydroxylation sites is 1. The van der Waals surface area contributed by atoms with Gasteiger partial charge in [0.25, 0.3) is 0 Å². The maximum atomic E-state index is 6.72. The summed E-state index contributed by atoms with van der Waals surface area (Å²) in [6.07, 6.45) is 0. The Balaban J connectivity index is 1.08. The molecule has 0 spiro atoms. The molecule has 0 aliphatic rings. The molecule has 1 aromatic heterocycles. The van der Waals surface area contributed by atoms with Crippen molar-refractivity contribution in [1.29, 1.82) is 0 Å². The molecule has 0 radical (unpaired) electrons. The first kappa shape index (κ1) is 33.6. The molecule has 0 bridgehead atoms. The number of hydrogen-bond acceptors (Lipinski definition) is 2. The van der Waals surface area contributed by atoms with Crippen molar-refractivity contribution in [2.75, 3.05) is 4.90 Å². The summed E-state index contributed by atoms with van der Waals surface area (Å²) in [5.41, 5.74) is 12.1. The van der Waals surface area contributed by atoms with Crippen molar-refractivity contribution in [2.45, 2.75) is 0 Å². The van der Waals surface area contributed by atoms with E-state index in [1.165, 1.54) is 54.6 Å². The van der Waals surface area contributed by atoms with Crippen molar-refractivity contribution < 1.29 is 4.42 Å². The van der Waals surface area contributed by atoms with E-state index in [1.54, 1.807) is 0 Å². The van der Waals surface area contributed by atoms with Crippen LogP contribution in [0, 0.1) is 0 Å². The molecule has 0 N–H and O–H groups in total. The van der Waals surface area contributed by atoms with Gasteiger partial charge in [-0.15, -0.1) is 0 Å². The van der Waals surface area contributed by atoms with Gasteiger partial charge in [-0.25, -0.2) is 0 Å². The zero-order chi connectivity index (χ0) is 38.4. The normalized spacial score (nSPS) is 11.4. The topological polar surface area (TPSA) is 16.4 Å². The van der Waals surface area contributed by atoms with E-state index in [-0.39, 0.29) is 0 Å². The first-order valence-electron chi connectivity index (χ1n) is 19.8. The van der Waals surface area contributed by atoms with Crippen LogP contribution in [0.3, 0.4) is 0 Å². The molecule has 1 heterocycles. The average molecular weight is 740 g/mol. The number of fused-ring (bicyclic) bond motifs is 5. The second kappa shape index (κ2) is 14.1. The summed E-state index contributed by atoms with van der Waals surface area (Å²) < 4.78 is 6.72. The van der Waals surface area contributed by atoms with Gasteiger partial charge in [-0.05, 0) is 109 Å². The average Bonchev–Trinajstić information content (AvgIpc) is 3.69. The minimum Gasteiger partial charge on any atom is -0.455 e. The third kappa shape index (κ3) is 5.82. The molecule has 11 aromatic rings. The summed E-state index contributed by atoms with van der Waals surface area (Å²) in [4.78, 5) is 2.37. The largest absolute Gasteiger partial charge is 0.455 e. The van der Waals surface area contributed by atoms with Crippen LogP contribution in [0.1, 0.15) is 0 Å². The summed E-state index contributed by atoms with van der Waals surface area (Å²) in [5, 5.41) is 8.60. The molecule has 0 aliphatic carbocycles. The van der Waals surface area contributed by atoms with Crippen LogP contribution in [-0.2, 0) is 0 Å². The quantitative estimate of drug-likeness (QED) is 0.151. The SMILES string of the molecule is c1ccc(-c2c(-c3cccc(N(c4ccc(-c5cc6ccccc6c6ccccc56)cc4)c4cccc(-c5cccc6ccccc56)c4)c3)oc3ccccc23)cc1. The van der Waals surface area contributed by atoms with E-state index in [0.717, 1.165) is 50.5 Å². The van der Waals surface area contributed by atoms with Gasteiger partial charge >= 0.3 is 0 Å². The fourth-order valence-electron chi connectivity index (χ4n) is 8.75. The van der Waals surface area contributed by atoms with Crippen LogP contribution in [0.5, 0.6) is 0 Å². The molecule has 2 heteroatoms. The second-order valence-electron chi connectivity index (χ2n) is 14.9. The number of nitrogens with zero attached hydrogens (tertiary/aromatic N) is 1. The molecule has 272 valence electrons. The number of hydrogen-bond donors (Lipinski definition) is 0. The zero-order valence-corrected chi connectivity index (χ0v) is 31.7. The van der Waals surface area contributed by atoms with Crippen molar-refractivity contribution in [1.82, 2.24) is 0 Å². The first-order valence-corrected chi connectivity index (χ1v) is 19.8. The predicted molar refractivity (Wildman–Crippen MR) is 245 cm³/mol. The van der Waals surface area contributed by atoms with E-state index in [2.05, 4.69) is 223 Å². The highest BCUT2D eigenvalue weighted by Crippen LogP contribution is 2.45. The third-order valence-corrected chi connectivity index (χ3v) is 11.4. The van der Waals surface area contributed by atoms with Crippen LogP contribution >= 0.6 is 0 Å². The molecular formula is C56H37NO. The molecule has 0 amide bonds. The third-order valence-electron chi connectivity index (χ3n) is 11.4. The molecule has 58 heavy (non-hydrogen) atoms. The Hall–Kier alpha value is -7.68. The minimum absolute atomic E-state index is 0.859. The Bertz CT molecular complexity index is 3280. The second-order valence-corrected chi connectivity index (χ2v) is 14.9. The molecule has 10 aromatic carbocycles. The number of benzene rings is 10. The minimum atomic E-state index is 0.859. The van der Waals surface area contributed by atoms with Crippen LogP contribution in [0.4, 0.5) is 17.1 Å². The van der Waals surface area contributed by atoms with E-state index < -0.39 is 0 Å². The summed E-state index contributed by atoms with van der Waals surface area (Å²) in [6, 6.07) is 80.6. The van der Waals surface area contributed by atoms with Crippen LogP contribution < -0.4 is 4.90 Å². The van der Waals surface area contributed by atoms with E-state index in [0.29, 0.717) is 0 Å². The Kier molecular flexibility index (Phi) is 8.19. The molecule has 0 saturated carbocycles. The van der Waals surface area contributed by atoms with Gasteiger partial charge in [0.1, 0.15) is 11.3 Å². The van der Waals surface area contributed by atoms with E-state index in [4.69, 9.17) is 4.42 Å². The highest BCUT2D eigenvalue weighted by atomic mass is 16.3. The van der Waals surface area contributed by atoms with Crippen LogP contribution in [0.15, 0.2) is 229 Å². The standard InChI is InChI=1S/C56H37NO/c1-2-16-40(17-3-1)55-52-28-10-11-30-54(52)58-56(55)43-21-13-23-46(36-43)57(45-22-12-20-41(35-45)48-29-14-19-38-15-4-6-24-47(38)48)44-33-31-39(32-34-44)53-37-42-18-5-7-25-49(42)50-26-8-9-27-51(50)53/h1-37H. The lowest BCUT2D eigenvalue weighted by Crippen LogP contribution is -2.10. The van der Waals surface area contributed by atoms with Gasteiger partial charge in [0, 0.05) is 33.6 Å². The molecule has 0 aliphatic heterocycles. The fourth-order valence-corrected chi connectivity index (χ4v) is 8.75.